The molecule has 1 aliphatic rings. The number of nitrogens with zero attached hydrogens (tertiary/aromatic N) is 1. The monoisotopic (exact) mass is 490 g/mol. The van der Waals surface area contributed by atoms with Crippen LogP contribution in [-0.4, -0.2) is 43.4 Å². The minimum absolute atomic E-state index is 0.208. The molecule has 30 heavy (non-hydrogen) atoms. The number of methoxy groups -OCH3 is 2. The smallest absolute Gasteiger partial charge is 0.276 e. The second kappa shape index (κ2) is 9.87. The van der Waals surface area contributed by atoms with E-state index >= 15 is 0 Å². The fourth-order valence-corrected chi connectivity index (χ4v) is 4.41. The second-order valence-corrected chi connectivity index (χ2v) is 8.35. The van der Waals surface area contributed by atoms with Crippen LogP contribution in [0.2, 0.25) is 15.1 Å². The van der Waals surface area contributed by atoms with Gasteiger partial charge in [0.2, 0.25) is 0 Å². The lowest BCUT2D eigenvalue weighted by atomic mass is 10.2. The summed E-state index contributed by atoms with van der Waals surface area (Å²) in [6.07, 6.45) is 0. The average molecular weight is 492 g/mol. The molecule has 2 aromatic rings. The van der Waals surface area contributed by atoms with E-state index in [2.05, 4.69) is 5.43 Å². The summed E-state index contributed by atoms with van der Waals surface area (Å²) < 4.78 is 16.0. The molecule has 0 spiro atoms. The molecule has 0 saturated carbocycles. The van der Waals surface area contributed by atoms with E-state index in [0.29, 0.717) is 11.5 Å². The van der Waals surface area contributed by atoms with E-state index in [9.17, 15) is 9.59 Å². The van der Waals surface area contributed by atoms with Crippen molar-refractivity contribution < 1.29 is 23.8 Å². The van der Waals surface area contributed by atoms with Gasteiger partial charge in [0.05, 0.1) is 35.0 Å². The number of hydrogen-bond acceptors (Lipinski definition) is 6. The van der Waals surface area contributed by atoms with Crippen LogP contribution < -0.4 is 19.6 Å². The molecule has 3 rings (SSSR count). The zero-order valence-electron chi connectivity index (χ0n) is 15.9. The zero-order chi connectivity index (χ0) is 21.8. The maximum absolute atomic E-state index is 12.4. The van der Waals surface area contributed by atoms with Gasteiger partial charge < -0.3 is 14.2 Å². The summed E-state index contributed by atoms with van der Waals surface area (Å²) in [5, 5.41) is 1.59. The van der Waals surface area contributed by atoms with E-state index in [1.165, 1.54) is 43.1 Å². The van der Waals surface area contributed by atoms with Gasteiger partial charge in [0.1, 0.15) is 11.1 Å². The van der Waals surface area contributed by atoms with Crippen LogP contribution in [-0.2, 0) is 9.59 Å². The van der Waals surface area contributed by atoms with Crippen molar-refractivity contribution in [2.24, 2.45) is 0 Å². The number of amides is 2. The topological polar surface area (TPSA) is 77.1 Å². The number of carbonyl (C=O) groups is 2. The zero-order valence-corrected chi connectivity index (χ0v) is 19.0. The van der Waals surface area contributed by atoms with Crippen molar-refractivity contribution >= 4 is 58.4 Å². The van der Waals surface area contributed by atoms with Crippen molar-refractivity contribution in [3.63, 3.8) is 0 Å². The number of nitrogens with one attached hydrogen (secondary N) is 1. The van der Waals surface area contributed by atoms with Gasteiger partial charge in [0.25, 0.3) is 11.8 Å². The highest BCUT2D eigenvalue weighted by atomic mass is 35.5. The normalized spacial score (nSPS) is 15.8. The Morgan fingerprint density at radius 2 is 1.77 bits per heavy atom. The van der Waals surface area contributed by atoms with Crippen molar-refractivity contribution in [1.29, 1.82) is 0 Å². The maximum Gasteiger partial charge on any atom is 0.276 e. The fraction of sp³-hybridized carbons (Fsp3) is 0.263. The molecule has 0 radical (unpaired) electrons. The highest BCUT2D eigenvalue weighted by molar-refractivity contribution is 8.00. The molecular weight excluding hydrogens is 475 g/mol. The summed E-state index contributed by atoms with van der Waals surface area (Å²) in [5.41, 5.74) is 3.36. The molecule has 2 amide bonds. The molecule has 1 fully saturated rings. The number of hydrogen-bond donors (Lipinski definition) is 1. The number of ether oxygens (including phenoxy) is 3. The Hall–Kier alpha value is -2.00. The Kier molecular flexibility index (Phi) is 7.46. The van der Waals surface area contributed by atoms with Gasteiger partial charge in [-0.1, -0.05) is 40.9 Å². The number of halogens is 3. The summed E-state index contributed by atoms with van der Waals surface area (Å²) in [6.45, 7) is -0.370. The van der Waals surface area contributed by atoms with Crippen molar-refractivity contribution in [2.45, 2.75) is 5.37 Å². The van der Waals surface area contributed by atoms with Crippen molar-refractivity contribution in [2.75, 3.05) is 26.6 Å². The first-order valence-corrected chi connectivity index (χ1v) is 10.7. The third kappa shape index (κ3) is 5.00. The van der Waals surface area contributed by atoms with Crippen LogP contribution in [0.1, 0.15) is 10.9 Å². The summed E-state index contributed by atoms with van der Waals surface area (Å²) in [4.78, 5) is 24.7. The lowest BCUT2D eigenvalue weighted by Crippen LogP contribution is -2.46. The van der Waals surface area contributed by atoms with Crippen molar-refractivity contribution in [3.05, 3.63) is 51.0 Å². The number of benzene rings is 2. The summed E-state index contributed by atoms with van der Waals surface area (Å²) >= 11 is 19.2. The minimum atomic E-state index is -0.529. The van der Waals surface area contributed by atoms with Gasteiger partial charge in [-0.2, -0.15) is 0 Å². The van der Waals surface area contributed by atoms with Crippen molar-refractivity contribution in [1.82, 2.24) is 10.4 Å². The Bertz CT molecular complexity index is 975. The van der Waals surface area contributed by atoms with Gasteiger partial charge in [0.15, 0.2) is 18.1 Å². The Balaban J connectivity index is 1.69. The Morgan fingerprint density at radius 1 is 1.07 bits per heavy atom. The molecule has 2 aromatic carbocycles. The van der Waals surface area contributed by atoms with Crippen LogP contribution in [0.3, 0.4) is 0 Å². The lowest BCUT2D eigenvalue weighted by Gasteiger charge is -2.25. The van der Waals surface area contributed by atoms with Gasteiger partial charge in [-0.05, 0) is 23.8 Å². The van der Waals surface area contributed by atoms with Crippen LogP contribution >= 0.6 is 46.6 Å². The molecule has 160 valence electrons. The minimum Gasteiger partial charge on any atom is -0.493 e. The Morgan fingerprint density at radius 3 is 2.47 bits per heavy atom. The molecule has 1 atom stereocenters. The van der Waals surface area contributed by atoms with Gasteiger partial charge in [0, 0.05) is 6.07 Å². The standard InChI is InChI=1S/C19H17Cl3N2O5S/c1-27-14-4-3-10(5-16(14)28-2)19-24(18(26)9-30-19)23-17(25)8-29-15-7-12(21)11(20)6-13(15)22/h3-7,19H,8-9H2,1-2H3,(H,23,25). The third-order valence-electron chi connectivity index (χ3n) is 4.14. The van der Waals surface area contributed by atoms with Gasteiger partial charge >= 0.3 is 0 Å². The van der Waals surface area contributed by atoms with Crippen LogP contribution in [0.5, 0.6) is 17.2 Å². The average Bonchev–Trinajstić information content (AvgIpc) is 3.09. The molecule has 0 bridgehead atoms. The van der Waals surface area contributed by atoms with Crippen LogP contribution in [0.25, 0.3) is 0 Å². The Labute approximate surface area is 192 Å². The van der Waals surface area contributed by atoms with Crippen LogP contribution in [0.4, 0.5) is 0 Å². The fourth-order valence-electron chi connectivity index (χ4n) is 2.72. The molecule has 11 heteroatoms. The van der Waals surface area contributed by atoms with E-state index in [0.717, 1.165) is 5.56 Å². The van der Waals surface area contributed by atoms with Crippen LogP contribution in [0.15, 0.2) is 30.3 Å². The number of carbonyl (C=O) groups excluding carboxylic acids is 2. The molecule has 1 heterocycles. The maximum atomic E-state index is 12.4. The van der Waals surface area contributed by atoms with Gasteiger partial charge in [-0.25, -0.2) is 5.01 Å². The van der Waals surface area contributed by atoms with Gasteiger partial charge in [-0.15, -0.1) is 11.8 Å². The van der Waals surface area contributed by atoms with E-state index in [-0.39, 0.29) is 39.1 Å². The second-order valence-electron chi connectivity index (χ2n) is 6.06. The van der Waals surface area contributed by atoms with Crippen LogP contribution in [0, 0.1) is 0 Å². The first kappa shape index (κ1) is 22.7. The molecule has 1 unspecified atom stereocenters. The quantitative estimate of drug-likeness (QED) is 0.580. The number of thioether (sulfide) groups is 1. The third-order valence-corrected chi connectivity index (χ3v) is 6.37. The summed E-state index contributed by atoms with van der Waals surface area (Å²) in [5.74, 6) is 0.759. The van der Waals surface area contributed by atoms with Crippen molar-refractivity contribution in [3.8, 4) is 17.2 Å². The largest absolute Gasteiger partial charge is 0.493 e. The lowest BCUT2D eigenvalue weighted by molar-refractivity contribution is -0.140. The molecule has 1 aliphatic heterocycles. The molecule has 7 nitrogen and oxygen atoms in total. The molecule has 0 aliphatic carbocycles. The summed E-state index contributed by atoms with van der Waals surface area (Å²) in [7, 11) is 3.07. The molecule has 1 saturated heterocycles. The SMILES string of the molecule is COc1ccc(C2SCC(=O)N2NC(=O)COc2cc(Cl)c(Cl)cc2Cl)cc1OC. The highest BCUT2D eigenvalue weighted by Crippen LogP contribution is 2.40. The molecule has 1 N–H and O–H groups in total. The highest BCUT2D eigenvalue weighted by Gasteiger charge is 2.35. The van der Waals surface area contributed by atoms with Gasteiger partial charge in [-0.3, -0.25) is 15.0 Å². The first-order chi connectivity index (χ1) is 14.3. The predicted octanol–water partition coefficient (Wildman–Crippen LogP) is 4.35. The van der Waals surface area contributed by atoms with E-state index < -0.39 is 11.3 Å². The molecular formula is C19H17Cl3N2O5S. The first-order valence-electron chi connectivity index (χ1n) is 8.56. The number of hydrazine groups is 1. The van der Waals surface area contributed by atoms with E-state index in [1.807, 2.05) is 6.07 Å². The predicted molar refractivity (Wildman–Crippen MR) is 117 cm³/mol. The summed E-state index contributed by atoms with van der Waals surface area (Å²) in [6, 6.07) is 8.16. The number of rotatable bonds is 7. The van der Waals surface area contributed by atoms with E-state index in [4.69, 9.17) is 49.0 Å². The molecule has 0 aromatic heterocycles. The van der Waals surface area contributed by atoms with E-state index in [1.54, 1.807) is 12.1 Å².